The highest BCUT2D eigenvalue weighted by molar-refractivity contribution is 7.89. The number of nitrogens with one attached hydrogen (secondary N) is 1. The van der Waals surface area contributed by atoms with Crippen molar-refractivity contribution in [3.8, 4) is 0 Å². The highest BCUT2D eigenvalue weighted by Gasteiger charge is 2.23. The van der Waals surface area contributed by atoms with E-state index in [1.54, 1.807) is 6.07 Å². The largest absolute Gasteiger partial charge is 0.480 e. The number of carbonyl (C=O) groups is 1. The Hall–Kier alpha value is -1.11. The van der Waals surface area contributed by atoms with Crippen molar-refractivity contribution in [1.29, 1.82) is 0 Å². The third-order valence-corrected chi connectivity index (χ3v) is 3.87. The van der Waals surface area contributed by atoms with Crippen LogP contribution in [0.3, 0.4) is 0 Å². The summed E-state index contributed by atoms with van der Waals surface area (Å²) in [6, 6.07) is 4.61. The standard InChI is InChI=1S/C9H10ClNO4S/c1-6(9(12)13)11-16(14,15)8-5-3-2-4-7(8)10/h2-6,11H,1H3,(H,12,13)/t6-/m0/s1. The molecule has 0 saturated heterocycles. The summed E-state index contributed by atoms with van der Waals surface area (Å²) in [5.41, 5.74) is 0. The SMILES string of the molecule is C[C@H](NS(=O)(=O)c1ccccc1Cl)C(=O)O. The molecule has 0 heterocycles. The second-order valence-electron chi connectivity index (χ2n) is 3.11. The molecule has 1 aromatic rings. The van der Waals surface area contributed by atoms with Crippen molar-refractivity contribution in [2.24, 2.45) is 0 Å². The van der Waals surface area contributed by atoms with E-state index >= 15 is 0 Å². The average molecular weight is 264 g/mol. The zero-order valence-electron chi connectivity index (χ0n) is 8.34. The Bertz CT molecular complexity index is 500. The van der Waals surface area contributed by atoms with Gasteiger partial charge >= 0.3 is 5.97 Å². The maximum absolute atomic E-state index is 11.7. The Labute approximate surface area is 98.1 Å². The van der Waals surface area contributed by atoms with Crippen molar-refractivity contribution < 1.29 is 18.3 Å². The van der Waals surface area contributed by atoms with Gasteiger partial charge < -0.3 is 5.11 Å². The van der Waals surface area contributed by atoms with Crippen molar-refractivity contribution >= 4 is 27.6 Å². The first-order valence-electron chi connectivity index (χ1n) is 4.34. The summed E-state index contributed by atoms with van der Waals surface area (Å²) in [5.74, 6) is -1.25. The molecular weight excluding hydrogens is 254 g/mol. The van der Waals surface area contributed by atoms with Gasteiger partial charge in [-0.15, -0.1) is 0 Å². The maximum Gasteiger partial charge on any atom is 0.321 e. The fourth-order valence-electron chi connectivity index (χ4n) is 1.01. The van der Waals surface area contributed by atoms with Crippen LogP contribution < -0.4 is 4.72 Å². The van der Waals surface area contributed by atoms with E-state index in [4.69, 9.17) is 16.7 Å². The van der Waals surface area contributed by atoms with Crippen LogP contribution in [0.15, 0.2) is 29.2 Å². The van der Waals surface area contributed by atoms with Gasteiger partial charge in [0.25, 0.3) is 0 Å². The molecule has 0 amide bonds. The van der Waals surface area contributed by atoms with Crippen LogP contribution in [0.2, 0.25) is 5.02 Å². The molecule has 1 aromatic carbocycles. The fourth-order valence-corrected chi connectivity index (χ4v) is 2.73. The normalized spacial score (nSPS) is 13.4. The third-order valence-electron chi connectivity index (χ3n) is 1.83. The van der Waals surface area contributed by atoms with E-state index in [2.05, 4.69) is 0 Å². The van der Waals surface area contributed by atoms with E-state index in [0.717, 1.165) is 0 Å². The maximum atomic E-state index is 11.7. The zero-order chi connectivity index (χ0) is 12.3. The molecule has 0 spiro atoms. The number of hydrogen-bond acceptors (Lipinski definition) is 3. The van der Waals surface area contributed by atoms with E-state index in [-0.39, 0.29) is 9.92 Å². The second-order valence-corrected chi connectivity index (χ2v) is 5.20. The van der Waals surface area contributed by atoms with Crippen LogP contribution in [0, 0.1) is 0 Å². The van der Waals surface area contributed by atoms with Gasteiger partial charge in [-0.25, -0.2) is 8.42 Å². The molecule has 0 aliphatic rings. The number of carboxylic acids is 1. The topological polar surface area (TPSA) is 83.5 Å². The number of carboxylic acid groups (broad SMARTS) is 1. The molecule has 2 N–H and O–H groups in total. The number of sulfonamides is 1. The molecule has 16 heavy (non-hydrogen) atoms. The minimum Gasteiger partial charge on any atom is -0.480 e. The van der Waals surface area contributed by atoms with E-state index in [1.807, 2.05) is 4.72 Å². The van der Waals surface area contributed by atoms with Gasteiger partial charge in [-0.3, -0.25) is 4.79 Å². The molecule has 0 radical (unpaired) electrons. The molecule has 0 fully saturated rings. The van der Waals surface area contributed by atoms with Crippen molar-refractivity contribution in [2.45, 2.75) is 17.9 Å². The Kier molecular flexibility index (Phi) is 3.90. The number of rotatable bonds is 4. The lowest BCUT2D eigenvalue weighted by Gasteiger charge is -2.10. The van der Waals surface area contributed by atoms with Crippen LogP contribution >= 0.6 is 11.6 Å². The van der Waals surface area contributed by atoms with Crippen molar-refractivity contribution in [1.82, 2.24) is 4.72 Å². The summed E-state index contributed by atoms with van der Waals surface area (Å²) in [5, 5.41) is 8.65. The third kappa shape index (κ3) is 2.94. The van der Waals surface area contributed by atoms with Crippen LogP contribution in [0.25, 0.3) is 0 Å². The van der Waals surface area contributed by atoms with Gasteiger partial charge in [0.15, 0.2) is 0 Å². The number of halogens is 1. The summed E-state index contributed by atoms with van der Waals surface area (Å²) >= 11 is 5.71. The Morgan fingerprint density at radius 2 is 2.00 bits per heavy atom. The minimum atomic E-state index is -3.90. The summed E-state index contributed by atoms with van der Waals surface area (Å²) in [7, 11) is -3.90. The molecule has 0 saturated carbocycles. The molecule has 1 rings (SSSR count). The Morgan fingerprint density at radius 3 is 2.50 bits per heavy atom. The number of hydrogen-bond donors (Lipinski definition) is 2. The second kappa shape index (κ2) is 4.82. The van der Waals surface area contributed by atoms with Crippen molar-refractivity contribution in [3.63, 3.8) is 0 Å². The van der Waals surface area contributed by atoms with Gasteiger partial charge in [-0.1, -0.05) is 23.7 Å². The van der Waals surface area contributed by atoms with E-state index in [0.29, 0.717) is 0 Å². The van der Waals surface area contributed by atoms with Crippen LogP contribution in [-0.4, -0.2) is 25.5 Å². The molecule has 5 nitrogen and oxygen atoms in total. The van der Waals surface area contributed by atoms with E-state index in [1.165, 1.54) is 25.1 Å². The predicted molar refractivity (Wildman–Crippen MR) is 58.9 cm³/mol. The van der Waals surface area contributed by atoms with Gasteiger partial charge in [0.2, 0.25) is 10.0 Å². The number of aliphatic carboxylic acids is 1. The van der Waals surface area contributed by atoms with Gasteiger partial charge in [-0.05, 0) is 19.1 Å². The Morgan fingerprint density at radius 1 is 1.44 bits per heavy atom. The monoisotopic (exact) mass is 263 g/mol. The lowest BCUT2D eigenvalue weighted by Crippen LogP contribution is -2.38. The van der Waals surface area contributed by atoms with Gasteiger partial charge in [0.05, 0.1) is 5.02 Å². The van der Waals surface area contributed by atoms with E-state index < -0.39 is 22.0 Å². The van der Waals surface area contributed by atoms with Crippen LogP contribution in [0.1, 0.15) is 6.92 Å². The molecule has 0 aliphatic carbocycles. The molecule has 0 bridgehead atoms. The first-order chi connectivity index (χ1) is 7.34. The molecule has 7 heteroatoms. The summed E-state index contributed by atoms with van der Waals surface area (Å²) in [6.07, 6.45) is 0. The van der Waals surface area contributed by atoms with Crippen molar-refractivity contribution in [3.05, 3.63) is 29.3 Å². The molecule has 0 aromatic heterocycles. The smallest absolute Gasteiger partial charge is 0.321 e. The van der Waals surface area contributed by atoms with Gasteiger partial charge in [0.1, 0.15) is 10.9 Å². The Balaban J connectivity index is 3.04. The highest BCUT2D eigenvalue weighted by atomic mass is 35.5. The lowest BCUT2D eigenvalue weighted by atomic mass is 10.4. The predicted octanol–water partition coefficient (Wildman–Crippen LogP) is 1.09. The summed E-state index contributed by atoms with van der Waals surface area (Å²) in [6.45, 7) is 1.23. The van der Waals surface area contributed by atoms with Crippen molar-refractivity contribution in [2.75, 3.05) is 0 Å². The van der Waals surface area contributed by atoms with Crippen LogP contribution in [-0.2, 0) is 14.8 Å². The molecule has 88 valence electrons. The lowest BCUT2D eigenvalue weighted by molar-refractivity contribution is -0.138. The quantitative estimate of drug-likeness (QED) is 0.852. The number of benzene rings is 1. The van der Waals surface area contributed by atoms with E-state index in [9.17, 15) is 13.2 Å². The van der Waals surface area contributed by atoms with Gasteiger partial charge in [0, 0.05) is 0 Å². The van der Waals surface area contributed by atoms with Gasteiger partial charge in [-0.2, -0.15) is 4.72 Å². The zero-order valence-corrected chi connectivity index (χ0v) is 9.92. The summed E-state index contributed by atoms with van der Waals surface area (Å²) in [4.78, 5) is 10.4. The minimum absolute atomic E-state index is 0.0487. The first-order valence-corrected chi connectivity index (χ1v) is 6.20. The molecule has 1 atom stereocenters. The fraction of sp³-hybridized carbons (Fsp3) is 0.222. The molecule has 0 unspecified atom stereocenters. The van der Waals surface area contributed by atoms with Crippen LogP contribution in [0.4, 0.5) is 0 Å². The highest BCUT2D eigenvalue weighted by Crippen LogP contribution is 2.20. The molecule has 0 aliphatic heterocycles. The first kappa shape index (κ1) is 13.0. The summed E-state index contributed by atoms with van der Waals surface area (Å²) < 4.78 is 25.4. The van der Waals surface area contributed by atoms with Crippen LogP contribution in [0.5, 0.6) is 0 Å². The average Bonchev–Trinajstić information content (AvgIpc) is 2.17. The molecular formula is C9H10ClNO4S.